The number of nitrogens with zero attached hydrogens (tertiary/aromatic N) is 3. The summed E-state index contributed by atoms with van der Waals surface area (Å²) in [5.41, 5.74) is 0.409. The van der Waals surface area contributed by atoms with Crippen molar-refractivity contribution in [3.05, 3.63) is 66.0 Å². The monoisotopic (exact) mass is 506 g/mol. The van der Waals surface area contributed by atoms with Crippen LogP contribution in [0.2, 0.25) is 0 Å². The Bertz CT molecular complexity index is 1100. The van der Waals surface area contributed by atoms with E-state index in [-0.39, 0.29) is 12.5 Å². The van der Waals surface area contributed by atoms with Crippen LogP contribution in [0.5, 0.6) is 0 Å². The molecule has 35 heavy (non-hydrogen) atoms. The summed E-state index contributed by atoms with van der Waals surface area (Å²) in [5.74, 6) is -1.33. The second kappa shape index (κ2) is 11.6. The zero-order chi connectivity index (χ0) is 26.4. The summed E-state index contributed by atoms with van der Waals surface area (Å²) in [6.07, 6.45) is 0.306. The van der Waals surface area contributed by atoms with Gasteiger partial charge in [-0.2, -0.15) is 12.7 Å². The van der Waals surface area contributed by atoms with Crippen molar-refractivity contribution in [2.75, 3.05) is 24.9 Å². The van der Waals surface area contributed by atoms with E-state index in [0.717, 1.165) is 8.61 Å². The third kappa shape index (κ3) is 7.76. The molecule has 8 nitrogen and oxygen atoms in total. The summed E-state index contributed by atoms with van der Waals surface area (Å²) in [4.78, 5) is 28.2. The van der Waals surface area contributed by atoms with Crippen molar-refractivity contribution in [3.63, 3.8) is 0 Å². The van der Waals surface area contributed by atoms with E-state index in [1.807, 2.05) is 20.8 Å². The summed E-state index contributed by atoms with van der Waals surface area (Å²) in [6.45, 7) is 6.80. The van der Waals surface area contributed by atoms with Gasteiger partial charge in [-0.3, -0.25) is 9.59 Å². The molecule has 0 heterocycles. The smallest absolute Gasteiger partial charge is 0.304 e. The Morgan fingerprint density at radius 2 is 1.57 bits per heavy atom. The number of halogens is 1. The van der Waals surface area contributed by atoms with Gasteiger partial charge in [-0.05, 0) is 57.0 Å². The van der Waals surface area contributed by atoms with Crippen LogP contribution in [0.3, 0.4) is 0 Å². The van der Waals surface area contributed by atoms with Crippen molar-refractivity contribution in [1.29, 1.82) is 0 Å². The Morgan fingerprint density at radius 3 is 2.06 bits per heavy atom. The van der Waals surface area contributed by atoms with Crippen molar-refractivity contribution in [2.45, 2.75) is 52.2 Å². The van der Waals surface area contributed by atoms with E-state index < -0.39 is 40.1 Å². The minimum Gasteiger partial charge on any atom is -0.350 e. The fourth-order valence-electron chi connectivity index (χ4n) is 3.47. The van der Waals surface area contributed by atoms with Gasteiger partial charge in [0.15, 0.2) is 0 Å². The Hall–Kier alpha value is -2.98. The number of hydrogen-bond donors (Lipinski definition) is 1. The molecule has 2 rings (SSSR count). The Balaban J connectivity index is 2.48. The van der Waals surface area contributed by atoms with Gasteiger partial charge in [0.1, 0.15) is 18.4 Å². The number of benzene rings is 2. The van der Waals surface area contributed by atoms with Gasteiger partial charge in [-0.15, -0.1) is 0 Å². The maximum absolute atomic E-state index is 13.7. The Morgan fingerprint density at radius 1 is 1.00 bits per heavy atom. The molecule has 0 aliphatic rings. The predicted octanol–water partition coefficient (Wildman–Crippen LogP) is 3.16. The highest BCUT2D eigenvalue weighted by Gasteiger charge is 2.34. The van der Waals surface area contributed by atoms with Gasteiger partial charge in [0.2, 0.25) is 11.8 Å². The van der Waals surface area contributed by atoms with E-state index >= 15 is 0 Å². The minimum atomic E-state index is -4.01. The molecule has 0 saturated heterocycles. The molecule has 1 atom stereocenters. The van der Waals surface area contributed by atoms with Crippen LogP contribution in [0.15, 0.2) is 54.6 Å². The number of carbonyl (C=O) groups is 2. The van der Waals surface area contributed by atoms with Crippen molar-refractivity contribution < 1.29 is 22.4 Å². The molecule has 0 aliphatic heterocycles. The van der Waals surface area contributed by atoms with Crippen LogP contribution in [-0.2, 0) is 26.3 Å². The third-order valence-electron chi connectivity index (χ3n) is 5.21. The van der Waals surface area contributed by atoms with Crippen LogP contribution in [0.4, 0.5) is 10.1 Å². The highest BCUT2D eigenvalue weighted by molar-refractivity contribution is 7.90. The molecule has 0 saturated carbocycles. The fourth-order valence-corrected chi connectivity index (χ4v) is 4.53. The van der Waals surface area contributed by atoms with Gasteiger partial charge in [-0.25, -0.2) is 8.70 Å². The van der Waals surface area contributed by atoms with Crippen LogP contribution in [0, 0.1) is 5.82 Å². The van der Waals surface area contributed by atoms with Gasteiger partial charge in [0.05, 0.1) is 5.69 Å². The highest BCUT2D eigenvalue weighted by Crippen LogP contribution is 2.21. The third-order valence-corrected chi connectivity index (χ3v) is 7.03. The van der Waals surface area contributed by atoms with Gasteiger partial charge < -0.3 is 10.2 Å². The van der Waals surface area contributed by atoms with Gasteiger partial charge in [-0.1, -0.05) is 37.3 Å². The maximum Gasteiger partial charge on any atom is 0.304 e. The molecule has 0 radical (unpaired) electrons. The summed E-state index contributed by atoms with van der Waals surface area (Å²) < 4.78 is 41.7. The van der Waals surface area contributed by atoms with E-state index in [4.69, 9.17) is 0 Å². The van der Waals surface area contributed by atoms with Crippen molar-refractivity contribution >= 4 is 27.7 Å². The van der Waals surface area contributed by atoms with Crippen LogP contribution in [0.1, 0.15) is 39.7 Å². The average molecular weight is 507 g/mol. The molecule has 0 spiro atoms. The van der Waals surface area contributed by atoms with Crippen molar-refractivity contribution in [2.24, 2.45) is 0 Å². The summed E-state index contributed by atoms with van der Waals surface area (Å²) >= 11 is 0. The molecule has 10 heteroatoms. The quantitative estimate of drug-likeness (QED) is 0.536. The molecule has 2 amide bonds. The first kappa shape index (κ1) is 28.3. The van der Waals surface area contributed by atoms with Crippen molar-refractivity contribution in [1.82, 2.24) is 14.5 Å². The Labute approximate surface area is 207 Å². The molecule has 0 aliphatic carbocycles. The molecule has 0 fully saturated rings. The molecule has 1 unspecified atom stereocenters. The van der Waals surface area contributed by atoms with Crippen LogP contribution in [-0.4, -0.2) is 61.7 Å². The fraction of sp³-hybridized carbons (Fsp3) is 0.440. The number of amides is 2. The molecule has 1 N–H and O–H groups in total. The number of carbonyl (C=O) groups excluding carboxylic acids is 2. The minimum absolute atomic E-state index is 0.0137. The zero-order valence-corrected chi connectivity index (χ0v) is 22.0. The van der Waals surface area contributed by atoms with Crippen LogP contribution >= 0.6 is 0 Å². The maximum atomic E-state index is 13.7. The number of nitrogens with one attached hydrogen (secondary N) is 1. The molecule has 192 valence electrons. The number of rotatable bonds is 10. The highest BCUT2D eigenvalue weighted by atomic mass is 32.2. The summed E-state index contributed by atoms with van der Waals surface area (Å²) in [5, 5.41) is 2.90. The second-order valence-electron chi connectivity index (χ2n) is 9.44. The van der Waals surface area contributed by atoms with E-state index in [1.54, 1.807) is 37.3 Å². The largest absolute Gasteiger partial charge is 0.350 e. The SMILES string of the molecule is CCC(C(=O)NC(C)(C)C)N(Cc1ccc(F)cc1)C(=O)CN(c1ccccc1)S(=O)(=O)N(C)C. The lowest BCUT2D eigenvalue weighted by Crippen LogP contribution is -2.55. The molecular weight excluding hydrogens is 471 g/mol. The molecule has 2 aromatic rings. The molecule has 0 bridgehead atoms. The van der Waals surface area contributed by atoms with E-state index in [0.29, 0.717) is 17.7 Å². The second-order valence-corrected chi connectivity index (χ2v) is 11.5. The first-order valence-electron chi connectivity index (χ1n) is 11.4. The van der Waals surface area contributed by atoms with E-state index in [2.05, 4.69) is 5.32 Å². The Kier molecular flexibility index (Phi) is 9.39. The molecule has 0 aromatic heterocycles. The average Bonchev–Trinajstić information content (AvgIpc) is 2.77. The molecule has 2 aromatic carbocycles. The van der Waals surface area contributed by atoms with Gasteiger partial charge in [0.25, 0.3) is 0 Å². The lowest BCUT2D eigenvalue weighted by molar-refractivity contribution is -0.141. The first-order chi connectivity index (χ1) is 16.3. The van der Waals surface area contributed by atoms with E-state index in [1.165, 1.54) is 43.3 Å². The number of anilines is 1. The molecular formula is C25H35FN4O4S. The first-order valence-corrected chi connectivity index (χ1v) is 12.8. The predicted molar refractivity (Wildman–Crippen MR) is 135 cm³/mol. The lowest BCUT2D eigenvalue weighted by atomic mass is 10.1. The summed E-state index contributed by atoms with van der Waals surface area (Å²) in [7, 11) is -1.24. The van der Waals surface area contributed by atoms with Crippen LogP contribution in [0.25, 0.3) is 0 Å². The normalized spacial score (nSPS) is 12.8. The van der Waals surface area contributed by atoms with Gasteiger partial charge in [0, 0.05) is 26.2 Å². The zero-order valence-electron chi connectivity index (χ0n) is 21.2. The number of para-hydroxylation sites is 1. The van der Waals surface area contributed by atoms with Crippen LogP contribution < -0.4 is 9.62 Å². The summed E-state index contributed by atoms with van der Waals surface area (Å²) in [6, 6.07) is 13.1. The van der Waals surface area contributed by atoms with Gasteiger partial charge >= 0.3 is 10.2 Å². The number of hydrogen-bond acceptors (Lipinski definition) is 4. The van der Waals surface area contributed by atoms with Crippen molar-refractivity contribution in [3.8, 4) is 0 Å². The topological polar surface area (TPSA) is 90.0 Å². The standard InChI is InChI=1S/C25H35FN4O4S/c1-7-22(24(32)27-25(2,3)4)29(17-19-13-15-20(26)16-14-19)23(31)18-30(35(33,34)28(5)6)21-11-9-8-10-12-21/h8-16,22H,7,17-18H2,1-6H3,(H,27,32). The lowest BCUT2D eigenvalue weighted by Gasteiger charge is -2.35. The van der Waals surface area contributed by atoms with E-state index in [9.17, 15) is 22.4 Å².